The number of nitrogens with one attached hydrogen (secondary N) is 2. The molecule has 0 fully saturated rings. The highest BCUT2D eigenvalue weighted by atomic mass is 35.5. The summed E-state index contributed by atoms with van der Waals surface area (Å²) in [4.78, 5) is 35.0. The SMILES string of the molecule is Cl.NCC(=O)NCC(NC(=O)c1c(Cl)cc(-c2ccccc2)cc1Cl)C(=O)O. The molecule has 0 saturated heterocycles. The van der Waals surface area contributed by atoms with Gasteiger partial charge in [0.25, 0.3) is 5.91 Å². The standard InChI is InChI=1S/C18H17Cl2N3O4.ClH/c19-12-6-11(10-4-2-1-3-5-10)7-13(20)16(12)17(25)23-14(18(26)27)9-22-15(24)8-21;/h1-7,14H,8-9,21H2,(H,22,24)(H,23,25)(H,26,27);1H. The van der Waals surface area contributed by atoms with Gasteiger partial charge >= 0.3 is 5.97 Å². The first-order valence-corrected chi connectivity index (χ1v) is 8.64. The Kier molecular flexibility index (Phi) is 9.21. The first kappa shape index (κ1) is 23.7. The summed E-state index contributed by atoms with van der Waals surface area (Å²) >= 11 is 12.4. The van der Waals surface area contributed by atoms with Gasteiger partial charge in [0.05, 0.1) is 22.2 Å². The molecule has 1 atom stereocenters. The number of carbonyl (C=O) groups is 3. The Labute approximate surface area is 177 Å². The molecule has 0 heterocycles. The Morgan fingerprint density at radius 2 is 1.61 bits per heavy atom. The number of carboxylic acids is 1. The molecule has 0 aliphatic rings. The van der Waals surface area contributed by atoms with Crippen LogP contribution in [0.2, 0.25) is 10.0 Å². The summed E-state index contributed by atoms with van der Waals surface area (Å²) in [6.45, 7) is -0.618. The van der Waals surface area contributed by atoms with E-state index in [1.54, 1.807) is 12.1 Å². The van der Waals surface area contributed by atoms with Gasteiger partial charge < -0.3 is 21.5 Å². The molecule has 7 nitrogen and oxygen atoms in total. The van der Waals surface area contributed by atoms with Crippen LogP contribution in [0.1, 0.15) is 10.4 Å². The van der Waals surface area contributed by atoms with Crippen molar-refractivity contribution in [1.29, 1.82) is 0 Å². The first-order valence-electron chi connectivity index (χ1n) is 7.88. The van der Waals surface area contributed by atoms with Gasteiger partial charge in [-0.3, -0.25) is 9.59 Å². The minimum atomic E-state index is -1.37. The molecule has 2 rings (SSSR count). The molecule has 2 aromatic carbocycles. The fourth-order valence-corrected chi connectivity index (χ4v) is 2.96. The summed E-state index contributed by atoms with van der Waals surface area (Å²) in [6.07, 6.45) is 0. The highest BCUT2D eigenvalue weighted by Gasteiger charge is 2.24. The minimum Gasteiger partial charge on any atom is -0.480 e. The second kappa shape index (κ2) is 10.9. The number of halogens is 3. The van der Waals surface area contributed by atoms with Gasteiger partial charge in [0.15, 0.2) is 0 Å². The van der Waals surface area contributed by atoms with Crippen LogP contribution in [-0.4, -0.2) is 42.0 Å². The number of amides is 2. The highest BCUT2D eigenvalue weighted by molar-refractivity contribution is 6.40. The van der Waals surface area contributed by atoms with Crippen molar-refractivity contribution in [1.82, 2.24) is 10.6 Å². The number of carboxylic acid groups (broad SMARTS) is 1. The smallest absolute Gasteiger partial charge is 0.328 e. The van der Waals surface area contributed by atoms with Crippen molar-refractivity contribution in [3.8, 4) is 11.1 Å². The number of aliphatic carboxylic acids is 1. The van der Waals surface area contributed by atoms with E-state index in [9.17, 15) is 19.5 Å². The summed E-state index contributed by atoms with van der Waals surface area (Å²) in [5.41, 5.74) is 6.68. The van der Waals surface area contributed by atoms with E-state index in [2.05, 4.69) is 10.6 Å². The van der Waals surface area contributed by atoms with Crippen LogP contribution in [0.15, 0.2) is 42.5 Å². The summed E-state index contributed by atoms with van der Waals surface area (Å²) < 4.78 is 0. The zero-order valence-electron chi connectivity index (χ0n) is 14.4. The van der Waals surface area contributed by atoms with E-state index in [0.717, 1.165) is 5.56 Å². The van der Waals surface area contributed by atoms with Gasteiger partial charge in [0.2, 0.25) is 5.91 Å². The molecule has 28 heavy (non-hydrogen) atoms. The fourth-order valence-electron chi connectivity index (χ4n) is 2.31. The van der Waals surface area contributed by atoms with Gasteiger partial charge in [0.1, 0.15) is 6.04 Å². The van der Waals surface area contributed by atoms with Crippen LogP contribution >= 0.6 is 35.6 Å². The lowest BCUT2D eigenvalue weighted by Gasteiger charge is -2.17. The molecule has 10 heteroatoms. The average Bonchev–Trinajstić information content (AvgIpc) is 2.64. The number of benzene rings is 2. The molecule has 0 bridgehead atoms. The second-order valence-corrected chi connectivity index (χ2v) is 6.37. The molecule has 0 saturated carbocycles. The van der Waals surface area contributed by atoms with Crippen molar-refractivity contribution in [3.05, 3.63) is 58.1 Å². The van der Waals surface area contributed by atoms with Crippen LogP contribution < -0.4 is 16.4 Å². The van der Waals surface area contributed by atoms with Crippen molar-refractivity contribution >= 4 is 53.4 Å². The normalized spacial score (nSPS) is 11.1. The molecular formula is C18H18Cl3N3O4. The lowest BCUT2D eigenvalue weighted by atomic mass is 10.0. The van der Waals surface area contributed by atoms with Crippen molar-refractivity contribution in [3.63, 3.8) is 0 Å². The minimum absolute atomic E-state index is 0. The van der Waals surface area contributed by atoms with Gasteiger partial charge in [-0.15, -0.1) is 12.4 Å². The Bertz CT molecular complexity index is 839. The third-order valence-electron chi connectivity index (χ3n) is 3.67. The van der Waals surface area contributed by atoms with Crippen LogP contribution in [0.25, 0.3) is 11.1 Å². The van der Waals surface area contributed by atoms with Gasteiger partial charge in [0, 0.05) is 6.54 Å². The predicted octanol–water partition coefficient (Wildman–Crippen LogP) is 2.34. The quantitative estimate of drug-likeness (QED) is 0.520. The predicted molar refractivity (Wildman–Crippen MR) is 110 cm³/mol. The van der Waals surface area contributed by atoms with Crippen LogP contribution in [-0.2, 0) is 9.59 Å². The van der Waals surface area contributed by atoms with E-state index < -0.39 is 23.8 Å². The van der Waals surface area contributed by atoms with E-state index in [1.165, 1.54) is 0 Å². The monoisotopic (exact) mass is 445 g/mol. The molecule has 0 spiro atoms. The lowest BCUT2D eigenvalue weighted by molar-refractivity contribution is -0.139. The van der Waals surface area contributed by atoms with Gasteiger partial charge in [-0.25, -0.2) is 4.79 Å². The van der Waals surface area contributed by atoms with E-state index in [-0.39, 0.29) is 41.1 Å². The fraction of sp³-hybridized carbons (Fsp3) is 0.167. The number of hydrogen-bond donors (Lipinski definition) is 4. The molecule has 0 aromatic heterocycles. The Balaban J connectivity index is 0.00000392. The van der Waals surface area contributed by atoms with E-state index in [1.807, 2.05) is 30.3 Å². The van der Waals surface area contributed by atoms with Crippen molar-refractivity contribution in [2.75, 3.05) is 13.1 Å². The third kappa shape index (κ3) is 6.10. The number of carbonyl (C=O) groups excluding carboxylic acids is 2. The van der Waals surface area contributed by atoms with Gasteiger partial charge in [-0.1, -0.05) is 53.5 Å². The van der Waals surface area contributed by atoms with Crippen molar-refractivity contribution in [2.24, 2.45) is 5.73 Å². The number of rotatable bonds is 7. The van der Waals surface area contributed by atoms with Crippen LogP contribution in [0.4, 0.5) is 0 Å². The van der Waals surface area contributed by atoms with Crippen LogP contribution in [0.3, 0.4) is 0 Å². The van der Waals surface area contributed by atoms with Crippen molar-refractivity contribution in [2.45, 2.75) is 6.04 Å². The molecular weight excluding hydrogens is 429 g/mol. The average molecular weight is 447 g/mol. The zero-order valence-corrected chi connectivity index (χ0v) is 16.8. The Morgan fingerprint density at radius 1 is 1.04 bits per heavy atom. The maximum absolute atomic E-state index is 12.5. The first-order chi connectivity index (χ1) is 12.8. The summed E-state index contributed by atoms with van der Waals surface area (Å²) in [7, 11) is 0. The lowest BCUT2D eigenvalue weighted by Crippen LogP contribution is -2.49. The molecule has 0 aliphatic carbocycles. The van der Waals surface area contributed by atoms with E-state index in [0.29, 0.717) is 5.56 Å². The van der Waals surface area contributed by atoms with Crippen molar-refractivity contribution < 1.29 is 19.5 Å². The molecule has 2 aromatic rings. The zero-order chi connectivity index (χ0) is 20.0. The van der Waals surface area contributed by atoms with Crippen LogP contribution in [0, 0.1) is 0 Å². The molecule has 2 amide bonds. The maximum atomic E-state index is 12.5. The summed E-state index contributed by atoms with van der Waals surface area (Å²) in [6, 6.07) is 11.1. The molecule has 5 N–H and O–H groups in total. The molecule has 1 unspecified atom stereocenters. The van der Waals surface area contributed by atoms with Gasteiger partial charge in [-0.2, -0.15) is 0 Å². The molecule has 0 aliphatic heterocycles. The summed E-state index contributed by atoms with van der Waals surface area (Å²) in [5, 5.41) is 14.0. The van der Waals surface area contributed by atoms with Crippen LogP contribution in [0.5, 0.6) is 0 Å². The topological polar surface area (TPSA) is 122 Å². The second-order valence-electron chi connectivity index (χ2n) is 5.55. The van der Waals surface area contributed by atoms with E-state index in [4.69, 9.17) is 28.9 Å². The largest absolute Gasteiger partial charge is 0.480 e. The Morgan fingerprint density at radius 3 is 2.11 bits per heavy atom. The third-order valence-corrected chi connectivity index (χ3v) is 4.26. The molecule has 0 radical (unpaired) electrons. The molecule has 150 valence electrons. The number of nitrogens with two attached hydrogens (primary N) is 1. The Hall–Kier alpha value is -2.32. The number of hydrogen-bond acceptors (Lipinski definition) is 4. The maximum Gasteiger partial charge on any atom is 0.328 e. The van der Waals surface area contributed by atoms with Gasteiger partial charge in [-0.05, 0) is 23.3 Å². The highest BCUT2D eigenvalue weighted by Crippen LogP contribution is 2.31. The van der Waals surface area contributed by atoms with E-state index >= 15 is 0 Å². The summed E-state index contributed by atoms with van der Waals surface area (Å²) in [5.74, 6) is -2.63.